The van der Waals surface area contributed by atoms with Gasteiger partial charge in [-0.15, -0.1) is 0 Å². The minimum atomic E-state index is -0.571. The van der Waals surface area contributed by atoms with Crippen LogP contribution in [0.25, 0.3) is 0 Å². The topological polar surface area (TPSA) is 65.3 Å². The van der Waals surface area contributed by atoms with Crippen molar-refractivity contribution >= 4 is 0 Å². The molecule has 132 valence electrons. The molecule has 0 aromatic heterocycles. The van der Waals surface area contributed by atoms with Gasteiger partial charge in [0.2, 0.25) is 0 Å². The Labute approximate surface area is 150 Å². The molecule has 2 aromatic carbocycles. The van der Waals surface area contributed by atoms with E-state index in [4.69, 9.17) is 10.00 Å². The fourth-order valence-electron chi connectivity index (χ4n) is 2.60. The van der Waals surface area contributed by atoms with Crippen LogP contribution < -0.4 is 10.1 Å². The number of nitrogens with zero attached hydrogens (tertiary/aromatic N) is 1. The van der Waals surface area contributed by atoms with Crippen molar-refractivity contribution in [3.63, 3.8) is 0 Å². The van der Waals surface area contributed by atoms with E-state index in [0.717, 1.165) is 29.7 Å². The number of benzene rings is 2. The number of nitriles is 1. The molecule has 0 aliphatic carbocycles. The van der Waals surface area contributed by atoms with Crippen LogP contribution in [-0.4, -0.2) is 30.9 Å². The lowest BCUT2D eigenvalue weighted by Gasteiger charge is -2.14. The second-order valence-corrected chi connectivity index (χ2v) is 6.19. The van der Waals surface area contributed by atoms with Crippen LogP contribution >= 0.6 is 0 Å². The Balaban J connectivity index is 1.69. The Morgan fingerprint density at radius 1 is 1.20 bits per heavy atom. The molecule has 2 N–H and O–H groups in total. The van der Waals surface area contributed by atoms with E-state index < -0.39 is 6.10 Å². The Morgan fingerprint density at radius 2 is 1.96 bits per heavy atom. The normalized spacial score (nSPS) is 11.8. The van der Waals surface area contributed by atoms with Crippen molar-refractivity contribution < 1.29 is 9.84 Å². The zero-order valence-electron chi connectivity index (χ0n) is 15.0. The highest BCUT2D eigenvalue weighted by molar-refractivity contribution is 5.40. The summed E-state index contributed by atoms with van der Waals surface area (Å²) in [6.45, 7) is 5.56. The van der Waals surface area contributed by atoms with Gasteiger partial charge in [0, 0.05) is 6.54 Å². The van der Waals surface area contributed by atoms with Crippen LogP contribution in [0.4, 0.5) is 0 Å². The smallest absolute Gasteiger partial charge is 0.119 e. The van der Waals surface area contributed by atoms with Crippen LogP contribution in [0.1, 0.15) is 29.2 Å². The van der Waals surface area contributed by atoms with E-state index in [1.807, 2.05) is 49.4 Å². The Hall–Kier alpha value is -2.35. The number of aryl methyl sites for hydroxylation is 2. The lowest BCUT2D eigenvalue weighted by Crippen LogP contribution is -2.32. The maximum Gasteiger partial charge on any atom is 0.119 e. The molecule has 0 aliphatic rings. The molecule has 0 radical (unpaired) electrons. The van der Waals surface area contributed by atoms with Crippen LogP contribution in [0, 0.1) is 18.3 Å². The lowest BCUT2D eigenvalue weighted by atomic mass is 10.0. The fourth-order valence-corrected chi connectivity index (χ4v) is 2.60. The summed E-state index contributed by atoms with van der Waals surface area (Å²) in [5, 5.41) is 22.4. The maximum absolute atomic E-state index is 10.0. The van der Waals surface area contributed by atoms with E-state index in [0.29, 0.717) is 18.7 Å². The van der Waals surface area contributed by atoms with Crippen LogP contribution in [0.2, 0.25) is 0 Å². The van der Waals surface area contributed by atoms with Gasteiger partial charge in [0.25, 0.3) is 0 Å². The highest BCUT2D eigenvalue weighted by Crippen LogP contribution is 2.13. The third-order valence-electron chi connectivity index (χ3n) is 4.11. The molecule has 1 unspecified atom stereocenters. The highest BCUT2D eigenvalue weighted by Gasteiger charge is 2.06. The summed E-state index contributed by atoms with van der Waals surface area (Å²) < 4.78 is 5.60. The summed E-state index contributed by atoms with van der Waals surface area (Å²) in [6, 6.07) is 16.0. The van der Waals surface area contributed by atoms with Crippen LogP contribution in [-0.2, 0) is 12.8 Å². The number of rotatable bonds is 9. The van der Waals surface area contributed by atoms with E-state index >= 15 is 0 Å². The van der Waals surface area contributed by atoms with Crippen LogP contribution in [0.15, 0.2) is 42.5 Å². The zero-order valence-corrected chi connectivity index (χ0v) is 15.0. The SMILES string of the molecule is CCc1ccc(OCC(O)CNCCc2cc(C)ccc2C#N)cc1. The average molecular weight is 338 g/mol. The second-order valence-electron chi connectivity index (χ2n) is 6.19. The molecular weight excluding hydrogens is 312 g/mol. The van der Waals surface area contributed by atoms with E-state index in [1.54, 1.807) is 0 Å². The maximum atomic E-state index is 10.0. The third kappa shape index (κ3) is 6.22. The van der Waals surface area contributed by atoms with E-state index in [9.17, 15) is 5.11 Å². The molecule has 0 saturated carbocycles. The fraction of sp³-hybridized carbons (Fsp3) is 0.381. The molecular formula is C21H26N2O2. The largest absolute Gasteiger partial charge is 0.491 e. The Bertz CT molecular complexity index is 705. The van der Waals surface area contributed by atoms with Gasteiger partial charge < -0.3 is 15.2 Å². The minimum Gasteiger partial charge on any atom is -0.491 e. The van der Waals surface area contributed by atoms with Crippen molar-refractivity contribution in [2.75, 3.05) is 19.7 Å². The van der Waals surface area contributed by atoms with Gasteiger partial charge in [-0.05, 0) is 55.6 Å². The van der Waals surface area contributed by atoms with Gasteiger partial charge >= 0.3 is 0 Å². The highest BCUT2D eigenvalue weighted by atomic mass is 16.5. The van der Waals surface area contributed by atoms with Crippen molar-refractivity contribution in [3.05, 3.63) is 64.7 Å². The summed E-state index contributed by atoms with van der Waals surface area (Å²) >= 11 is 0. The first-order chi connectivity index (χ1) is 12.1. The van der Waals surface area contributed by atoms with E-state index in [-0.39, 0.29) is 6.61 Å². The third-order valence-corrected chi connectivity index (χ3v) is 4.11. The average Bonchev–Trinajstić information content (AvgIpc) is 2.64. The van der Waals surface area contributed by atoms with Crippen molar-refractivity contribution in [1.29, 1.82) is 5.26 Å². The molecule has 0 saturated heterocycles. The van der Waals surface area contributed by atoms with Gasteiger partial charge in [-0.2, -0.15) is 5.26 Å². The summed E-state index contributed by atoms with van der Waals surface area (Å²) in [7, 11) is 0. The zero-order chi connectivity index (χ0) is 18.1. The van der Waals surface area contributed by atoms with Crippen molar-refractivity contribution in [3.8, 4) is 11.8 Å². The van der Waals surface area contributed by atoms with E-state index in [2.05, 4.69) is 18.3 Å². The molecule has 4 heteroatoms. The molecule has 0 amide bonds. The van der Waals surface area contributed by atoms with Gasteiger partial charge in [0.05, 0.1) is 11.6 Å². The van der Waals surface area contributed by atoms with Crippen molar-refractivity contribution in [2.45, 2.75) is 32.8 Å². The molecule has 25 heavy (non-hydrogen) atoms. The minimum absolute atomic E-state index is 0.256. The number of hydrogen-bond donors (Lipinski definition) is 2. The summed E-state index contributed by atoms with van der Waals surface area (Å²) in [5.41, 5.74) is 4.17. The van der Waals surface area contributed by atoms with Crippen molar-refractivity contribution in [2.24, 2.45) is 0 Å². The molecule has 0 fully saturated rings. The Morgan fingerprint density at radius 3 is 2.64 bits per heavy atom. The predicted molar refractivity (Wildman–Crippen MR) is 99.8 cm³/mol. The molecule has 2 rings (SSSR count). The molecule has 4 nitrogen and oxygen atoms in total. The molecule has 2 aromatic rings. The standard InChI is InChI=1S/C21H26N2O2/c1-3-17-5-8-21(9-6-17)25-15-20(24)14-23-11-10-18-12-16(2)4-7-19(18)13-22/h4-9,12,20,23-24H,3,10-11,14-15H2,1-2H3. The van der Waals surface area contributed by atoms with Gasteiger partial charge in [0.15, 0.2) is 0 Å². The van der Waals surface area contributed by atoms with Gasteiger partial charge in [-0.3, -0.25) is 0 Å². The molecule has 0 bridgehead atoms. The molecule has 0 aliphatic heterocycles. The van der Waals surface area contributed by atoms with Crippen molar-refractivity contribution in [1.82, 2.24) is 5.32 Å². The number of nitrogens with one attached hydrogen (secondary N) is 1. The van der Waals surface area contributed by atoms with E-state index in [1.165, 1.54) is 5.56 Å². The van der Waals surface area contributed by atoms with Gasteiger partial charge in [-0.1, -0.05) is 36.8 Å². The predicted octanol–water partition coefficient (Wildman–Crippen LogP) is 3.00. The van der Waals surface area contributed by atoms with Gasteiger partial charge in [-0.25, -0.2) is 0 Å². The first kappa shape index (κ1) is 19.0. The quantitative estimate of drug-likeness (QED) is 0.690. The molecule has 0 spiro atoms. The summed E-state index contributed by atoms with van der Waals surface area (Å²) in [6.07, 6.45) is 1.19. The molecule has 1 atom stereocenters. The second kappa shape index (κ2) is 9.83. The lowest BCUT2D eigenvalue weighted by molar-refractivity contribution is 0.106. The summed E-state index contributed by atoms with van der Waals surface area (Å²) in [4.78, 5) is 0. The monoisotopic (exact) mass is 338 g/mol. The number of aliphatic hydroxyl groups excluding tert-OH is 1. The van der Waals surface area contributed by atoms with Gasteiger partial charge in [0.1, 0.15) is 18.5 Å². The number of hydrogen-bond acceptors (Lipinski definition) is 4. The number of ether oxygens (including phenoxy) is 1. The van der Waals surface area contributed by atoms with Crippen LogP contribution in [0.5, 0.6) is 5.75 Å². The Kier molecular flexibility index (Phi) is 7.46. The molecule has 0 heterocycles. The first-order valence-electron chi connectivity index (χ1n) is 8.72. The first-order valence-corrected chi connectivity index (χ1v) is 8.72. The number of aliphatic hydroxyl groups is 1. The summed E-state index contributed by atoms with van der Waals surface area (Å²) in [5.74, 6) is 0.773. The van der Waals surface area contributed by atoms with Crippen LogP contribution in [0.3, 0.4) is 0 Å².